The van der Waals surface area contributed by atoms with Crippen LogP contribution in [0.4, 0.5) is 5.69 Å². The van der Waals surface area contributed by atoms with E-state index in [2.05, 4.69) is 59.4 Å². The van der Waals surface area contributed by atoms with E-state index in [1.165, 1.54) is 11.1 Å². The zero-order valence-electron chi connectivity index (χ0n) is 9.59. The Morgan fingerprint density at radius 1 is 1.38 bits per heavy atom. The van der Waals surface area contributed by atoms with Gasteiger partial charge in [-0.05, 0) is 47.5 Å². The summed E-state index contributed by atoms with van der Waals surface area (Å²) in [6.07, 6.45) is 2.13. The van der Waals surface area contributed by atoms with Crippen molar-refractivity contribution in [2.75, 3.05) is 18.5 Å². The molecular weight excluding hydrogens is 266 g/mol. The van der Waals surface area contributed by atoms with Crippen LogP contribution in [0.5, 0.6) is 0 Å². The van der Waals surface area contributed by atoms with Crippen molar-refractivity contribution in [2.24, 2.45) is 0 Å². The van der Waals surface area contributed by atoms with Gasteiger partial charge in [0.1, 0.15) is 0 Å². The lowest BCUT2D eigenvalue weighted by Gasteiger charge is -2.25. The minimum absolute atomic E-state index is 0.285. The Bertz CT molecular complexity index is 414. The molecule has 86 valence electrons. The third-order valence-corrected chi connectivity index (χ3v) is 3.47. The van der Waals surface area contributed by atoms with E-state index in [4.69, 9.17) is 4.74 Å². The summed E-state index contributed by atoms with van der Waals surface area (Å²) in [5.41, 5.74) is 3.72. The number of aryl methyl sites for hydroxylation is 1. The quantitative estimate of drug-likeness (QED) is 0.838. The number of rotatable bonds is 2. The SMILES string of the molecule is CC1=CCOCC1Nc1ccc(C)cc1Br. The van der Waals surface area contributed by atoms with Crippen molar-refractivity contribution in [3.05, 3.63) is 39.9 Å². The van der Waals surface area contributed by atoms with Crippen molar-refractivity contribution >= 4 is 21.6 Å². The highest BCUT2D eigenvalue weighted by Crippen LogP contribution is 2.25. The van der Waals surface area contributed by atoms with Crippen molar-refractivity contribution in [3.63, 3.8) is 0 Å². The smallest absolute Gasteiger partial charge is 0.0710 e. The summed E-state index contributed by atoms with van der Waals surface area (Å²) in [5.74, 6) is 0. The van der Waals surface area contributed by atoms with Crippen LogP contribution >= 0.6 is 15.9 Å². The van der Waals surface area contributed by atoms with Crippen LogP contribution in [0, 0.1) is 6.92 Å². The molecule has 2 nitrogen and oxygen atoms in total. The summed E-state index contributed by atoms with van der Waals surface area (Å²) in [4.78, 5) is 0. The van der Waals surface area contributed by atoms with Crippen LogP contribution in [0.25, 0.3) is 0 Å². The van der Waals surface area contributed by atoms with Crippen LogP contribution < -0.4 is 5.32 Å². The van der Waals surface area contributed by atoms with Gasteiger partial charge in [0.2, 0.25) is 0 Å². The lowest BCUT2D eigenvalue weighted by molar-refractivity contribution is 0.147. The Morgan fingerprint density at radius 3 is 2.88 bits per heavy atom. The van der Waals surface area contributed by atoms with Crippen molar-refractivity contribution in [1.82, 2.24) is 0 Å². The predicted octanol–water partition coefficient (Wildman–Crippen LogP) is 3.51. The zero-order valence-corrected chi connectivity index (χ0v) is 11.2. The second-order valence-corrected chi connectivity index (χ2v) is 5.02. The molecule has 0 aliphatic carbocycles. The van der Waals surface area contributed by atoms with Gasteiger partial charge < -0.3 is 10.1 Å². The van der Waals surface area contributed by atoms with Crippen LogP contribution in [-0.2, 0) is 4.74 Å². The molecule has 0 fully saturated rings. The first-order chi connectivity index (χ1) is 7.66. The molecule has 0 aromatic heterocycles. The molecule has 0 bridgehead atoms. The van der Waals surface area contributed by atoms with E-state index in [0.29, 0.717) is 0 Å². The van der Waals surface area contributed by atoms with E-state index < -0.39 is 0 Å². The maximum Gasteiger partial charge on any atom is 0.0710 e. The number of hydrogen-bond donors (Lipinski definition) is 1. The molecular formula is C13H16BrNO. The molecule has 1 atom stereocenters. The fourth-order valence-electron chi connectivity index (χ4n) is 1.73. The van der Waals surface area contributed by atoms with Gasteiger partial charge in [0, 0.05) is 10.2 Å². The van der Waals surface area contributed by atoms with Crippen molar-refractivity contribution < 1.29 is 4.74 Å². The van der Waals surface area contributed by atoms with E-state index in [1.54, 1.807) is 0 Å². The highest BCUT2D eigenvalue weighted by Gasteiger charge is 2.15. The number of ether oxygens (including phenoxy) is 1. The van der Waals surface area contributed by atoms with Crippen molar-refractivity contribution in [3.8, 4) is 0 Å². The number of halogens is 1. The van der Waals surface area contributed by atoms with E-state index >= 15 is 0 Å². The third-order valence-electron chi connectivity index (χ3n) is 2.81. The molecule has 2 rings (SSSR count). The van der Waals surface area contributed by atoms with Gasteiger partial charge in [-0.1, -0.05) is 17.7 Å². The maximum atomic E-state index is 5.43. The summed E-state index contributed by atoms with van der Waals surface area (Å²) in [6.45, 7) is 5.70. The Balaban J connectivity index is 2.14. The van der Waals surface area contributed by atoms with E-state index in [-0.39, 0.29) is 6.04 Å². The van der Waals surface area contributed by atoms with Crippen LogP contribution in [-0.4, -0.2) is 19.3 Å². The highest BCUT2D eigenvalue weighted by molar-refractivity contribution is 9.10. The van der Waals surface area contributed by atoms with Gasteiger partial charge in [-0.2, -0.15) is 0 Å². The van der Waals surface area contributed by atoms with Gasteiger partial charge in [-0.15, -0.1) is 0 Å². The molecule has 16 heavy (non-hydrogen) atoms. The van der Waals surface area contributed by atoms with Crippen molar-refractivity contribution in [2.45, 2.75) is 19.9 Å². The maximum absolute atomic E-state index is 5.43. The topological polar surface area (TPSA) is 21.3 Å². The molecule has 3 heteroatoms. The summed E-state index contributed by atoms with van der Waals surface area (Å²) in [5, 5.41) is 3.49. The van der Waals surface area contributed by atoms with Gasteiger partial charge in [0.15, 0.2) is 0 Å². The van der Waals surface area contributed by atoms with Gasteiger partial charge in [-0.25, -0.2) is 0 Å². The number of nitrogens with one attached hydrogen (secondary N) is 1. The Hall–Kier alpha value is -0.800. The zero-order chi connectivity index (χ0) is 11.5. The molecule has 1 aliphatic heterocycles. The van der Waals surface area contributed by atoms with Crippen LogP contribution in [0.3, 0.4) is 0 Å². The first-order valence-corrected chi connectivity index (χ1v) is 6.23. The first-order valence-electron chi connectivity index (χ1n) is 5.44. The minimum Gasteiger partial charge on any atom is -0.375 e. The van der Waals surface area contributed by atoms with Gasteiger partial charge in [0.25, 0.3) is 0 Å². The minimum atomic E-state index is 0.285. The van der Waals surface area contributed by atoms with Crippen LogP contribution in [0.15, 0.2) is 34.3 Å². The summed E-state index contributed by atoms with van der Waals surface area (Å²) >= 11 is 3.57. The number of hydrogen-bond acceptors (Lipinski definition) is 2. The number of benzene rings is 1. The first kappa shape index (κ1) is 11.7. The monoisotopic (exact) mass is 281 g/mol. The van der Waals surface area contributed by atoms with Crippen molar-refractivity contribution in [1.29, 1.82) is 0 Å². The van der Waals surface area contributed by atoms with Crippen LogP contribution in [0.1, 0.15) is 12.5 Å². The molecule has 0 saturated carbocycles. The molecule has 0 amide bonds. The number of anilines is 1. The average Bonchev–Trinajstić information content (AvgIpc) is 2.25. The predicted molar refractivity (Wildman–Crippen MR) is 70.9 cm³/mol. The van der Waals surface area contributed by atoms with Gasteiger partial charge in [0.05, 0.1) is 19.3 Å². The lowest BCUT2D eigenvalue weighted by Crippen LogP contribution is -2.30. The normalized spacial score (nSPS) is 20.4. The van der Waals surface area contributed by atoms with Crippen LogP contribution in [0.2, 0.25) is 0 Å². The molecule has 1 aromatic rings. The second kappa shape index (κ2) is 5.02. The molecule has 1 aromatic carbocycles. The highest BCUT2D eigenvalue weighted by atomic mass is 79.9. The standard InChI is InChI=1S/C13H16BrNO/c1-9-3-4-12(11(14)7-9)15-13-8-16-6-5-10(13)2/h3-5,7,13,15H,6,8H2,1-2H3. The van der Waals surface area contributed by atoms with E-state index in [0.717, 1.165) is 23.4 Å². The van der Waals surface area contributed by atoms with Gasteiger partial charge >= 0.3 is 0 Å². The molecule has 0 radical (unpaired) electrons. The Morgan fingerprint density at radius 2 is 2.19 bits per heavy atom. The summed E-state index contributed by atoms with van der Waals surface area (Å²) in [7, 11) is 0. The summed E-state index contributed by atoms with van der Waals surface area (Å²) in [6, 6.07) is 6.61. The fourth-order valence-corrected chi connectivity index (χ4v) is 2.34. The van der Waals surface area contributed by atoms with E-state index in [1.807, 2.05) is 0 Å². The third kappa shape index (κ3) is 2.66. The van der Waals surface area contributed by atoms with Gasteiger partial charge in [-0.3, -0.25) is 0 Å². The average molecular weight is 282 g/mol. The van der Waals surface area contributed by atoms with E-state index in [9.17, 15) is 0 Å². The molecule has 1 unspecified atom stereocenters. The molecule has 1 aliphatic rings. The molecule has 1 N–H and O–H groups in total. The fraction of sp³-hybridized carbons (Fsp3) is 0.385. The summed E-state index contributed by atoms with van der Waals surface area (Å²) < 4.78 is 6.54. The molecule has 1 heterocycles. The Labute approximate surface area is 105 Å². The molecule has 0 spiro atoms. The lowest BCUT2D eigenvalue weighted by atomic mass is 10.1. The largest absolute Gasteiger partial charge is 0.375 e. The second-order valence-electron chi connectivity index (χ2n) is 4.17. The molecule has 0 saturated heterocycles. The Kier molecular flexibility index (Phi) is 3.66.